The van der Waals surface area contributed by atoms with Gasteiger partial charge in [0.25, 0.3) is 0 Å². The molecule has 2 aliphatic rings. The van der Waals surface area contributed by atoms with E-state index in [2.05, 4.69) is 41.5 Å². The zero-order valence-electron chi connectivity index (χ0n) is 19.3. The number of hydrogen-bond donors (Lipinski definition) is 2. The van der Waals surface area contributed by atoms with E-state index in [0.29, 0.717) is 11.9 Å². The molecule has 2 bridgehead atoms. The van der Waals surface area contributed by atoms with Gasteiger partial charge in [-0.2, -0.15) is 9.90 Å². The van der Waals surface area contributed by atoms with E-state index in [9.17, 15) is 5.11 Å². The molecule has 4 aromatic rings. The molecule has 6 rings (SSSR count). The molecule has 2 atom stereocenters. The molecule has 10 nitrogen and oxygen atoms in total. The molecule has 2 aliphatic heterocycles. The molecule has 34 heavy (non-hydrogen) atoms. The zero-order valence-corrected chi connectivity index (χ0v) is 19.3. The topological polar surface area (TPSA) is 109 Å². The Hall–Kier alpha value is -3.66. The minimum absolute atomic E-state index is 0.154. The van der Waals surface area contributed by atoms with Crippen LogP contribution in [0.15, 0.2) is 42.9 Å². The number of nitrogens with zero attached hydrogens (tertiary/aromatic N) is 8. The maximum absolute atomic E-state index is 10.2. The third kappa shape index (κ3) is 3.73. The van der Waals surface area contributed by atoms with Gasteiger partial charge >= 0.3 is 0 Å². The molecular weight excluding hydrogens is 430 g/mol. The van der Waals surface area contributed by atoms with Gasteiger partial charge in [0.05, 0.1) is 18.6 Å². The first-order chi connectivity index (χ1) is 16.5. The summed E-state index contributed by atoms with van der Waals surface area (Å²) in [6.07, 6.45) is 7.18. The monoisotopic (exact) mass is 458 g/mol. The molecule has 0 saturated carbocycles. The maximum Gasteiger partial charge on any atom is 0.205 e. The van der Waals surface area contributed by atoms with Gasteiger partial charge in [-0.1, -0.05) is 12.1 Å². The lowest BCUT2D eigenvalue weighted by molar-refractivity contribution is -0.580. The molecule has 1 aromatic carbocycles. The highest BCUT2D eigenvalue weighted by molar-refractivity contribution is 5.82. The molecule has 5 heterocycles. The standard InChI is InChI=1S/C24H28N9O/c1-15(2)33-29-23(28-30-33)16-4-3-5-18(10-16)27-24-22-17(8-9-32(22)26-14-25-24)13-31-19-6-7-20(31)12-21(34)11-19/h3-5,8-10,14-15,19,21,34H,6-7,11-13H2,1-2H3,(H,25,26,27)/q+1. The van der Waals surface area contributed by atoms with Gasteiger partial charge in [0.15, 0.2) is 24.1 Å². The molecule has 3 aromatic heterocycles. The number of aromatic nitrogens is 7. The average Bonchev–Trinajstić information content (AvgIpc) is 3.53. The fourth-order valence-electron chi connectivity index (χ4n) is 5.12. The highest BCUT2D eigenvalue weighted by Crippen LogP contribution is 2.31. The number of rotatable bonds is 6. The predicted molar refractivity (Wildman–Crippen MR) is 127 cm³/mol. The second kappa shape index (κ2) is 8.28. The molecule has 0 amide bonds. The molecule has 2 unspecified atom stereocenters. The van der Waals surface area contributed by atoms with Gasteiger partial charge in [-0.15, -0.1) is 10.2 Å². The second-order valence-corrected chi connectivity index (χ2v) is 9.46. The first-order valence-corrected chi connectivity index (χ1v) is 11.8. The van der Waals surface area contributed by atoms with Crippen molar-refractivity contribution in [1.29, 1.82) is 0 Å². The smallest absolute Gasteiger partial charge is 0.205 e. The number of nitrogens with one attached hydrogen (secondary N) is 1. The number of aliphatic hydroxyl groups is 1. The highest BCUT2D eigenvalue weighted by atomic mass is 16.3. The molecule has 10 heteroatoms. The Morgan fingerprint density at radius 3 is 3.00 bits per heavy atom. The van der Waals surface area contributed by atoms with Crippen LogP contribution < -0.4 is 5.32 Å². The van der Waals surface area contributed by atoms with Gasteiger partial charge in [-0.25, -0.2) is 14.1 Å². The Kier molecular flexibility index (Phi) is 5.09. The Morgan fingerprint density at radius 2 is 2.18 bits per heavy atom. The van der Waals surface area contributed by atoms with E-state index in [-0.39, 0.29) is 12.1 Å². The molecule has 0 radical (unpaired) electrons. The molecule has 0 aliphatic carbocycles. The molecular formula is C24H28N9O+. The third-order valence-corrected chi connectivity index (χ3v) is 6.78. The van der Waals surface area contributed by atoms with Crippen LogP contribution >= 0.6 is 0 Å². The number of anilines is 2. The van der Waals surface area contributed by atoms with Crippen LogP contribution in [0.4, 0.5) is 11.5 Å². The van der Waals surface area contributed by atoms with Crippen LogP contribution in [-0.2, 0) is 6.54 Å². The van der Waals surface area contributed by atoms with Crippen LogP contribution in [0.1, 0.15) is 51.1 Å². The summed E-state index contributed by atoms with van der Waals surface area (Å²) in [6, 6.07) is 10.6. The van der Waals surface area contributed by atoms with Crippen molar-refractivity contribution < 1.29 is 9.68 Å². The summed E-state index contributed by atoms with van der Waals surface area (Å²) in [6.45, 7) is 4.84. The lowest BCUT2D eigenvalue weighted by Crippen LogP contribution is -2.34. The van der Waals surface area contributed by atoms with Gasteiger partial charge in [-0.05, 0) is 37.3 Å². The largest absolute Gasteiger partial charge is 0.392 e. The summed E-state index contributed by atoms with van der Waals surface area (Å²) < 4.78 is 4.35. The van der Waals surface area contributed by atoms with Crippen LogP contribution in [0, 0.1) is 0 Å². The van der Waals surface area contributed by atoms with E-state index < -0.39 is 0 Å². The van der Waals surface area contributed by atoms with Crippen LogP contribution in [0.5, 0.6) is 0 Å². The van der Waals surface area contributed by atoms with Crippen molar-refractivity contribution in [3.63, 3.8) is 0 Å². The number of hydrogen-bond acceptors (Lipinski definition) is 7. The van der Waals surface area contributed by atoms with E-state index in [1.165, 1.54) is 11.3 Å². The van der Waals surface area contributed by atoms with E-state index in [4.69, 9.17) is 0 Å². The van der Waals surface area contributed by atoms with Crippen LogP contribution in [0.2, 0.25) is 0 Å². The predicted octanol–water partition coefficient (Wildman–Crippen LogP) is 2.98. The summed E-state index contributed by atoms with van der Waals surface area (Å²) in [5.74, 6) is 1.34. The Labute approximate surface area is 197 Å². The highest BCUT2D eigenvalue weighted by Gasteiger charge is 2.40. The van der Waals surface area contributed by atoms with Gasteiger partial charge < -0.3 is 10.4 Å². The minimum atomic E-state index is -0.200. The van der Waals surface area contributed by atoms with Crippen molar-refractivity contribution in [2.75, 3.05) is 5.32 Å². The molecule has 0 spiro atoms. The Morgan fingerprint density at radius 1 is 1.26 bits per heavy atom. The summed E-state index contributed by atoms with van der Waals surface area (Å²) in [5, 5.41) is 30.9. The lowest BCUT2D eigenvalue weighted by atomic mass is 10.0. The van der Waals surface area contributed by atoms with E-state index in [1.807, 2.05) is 48.8 Å². The van der Waals surface area contributed by atoms with E-state index in [1.54, 1.807) is 11.1 Å². The van der Waals surface area contributed by atoms with Crippen molar-refractivity contribution in [3.8, 4) is 11.4 Å². The summed E-state index contributed by atoms with van der Waals surface area (Å²) in [5.41, 5.74) is 5.27. The van der Waals surface area contributed by atoms with Crippen LogP contribution in [-0.4, -0.2) is 62.3 Å². The Balaban J connectivity index is 1.31. The second-order valence-electron chi connectivity index (χ2n) is 9.46. The molecule has 0 saturated heterocycles. The van der Waals surface area contributed by atoms with Crippen molar-refractivity contribution >= 4 is 22.7 Å². The number of tetrazole rings is 1. The number of fused-ring (bicyclic) bond motifs is 2. The third-order valence-electron chi connectivity index (χ3n) is 6.78. The van der Waals surface area contributed by atoms with Gasteiger partial charge in [0.1, 0.15) is 11.8 Å². The first-order valence-electron chi connectivity index (χ1n) is 11.8. The van der Waals surface area contributed by atoms with Crippen LogP contribution in [0.25, 0.3) is 16.9 Å². The van der Waals surface area contributed by atoms with Crippen molar-refractivity contribution in [2.24, 2.45) is 0 Å². The van der Waals surface area contributed by atoms with Gasteiger partial charge in [0.2, 0.25) is 5.82 Å². The number of aliphatic hydroxyl groups excluding tert-OH is 1. The van der Waals surface area contributed by atoms with E-state index >= 15 is 0 Å². The lowest BCUT2D eigenvalue weighted by Gasteiger charge is -2.19. The fraction of sp³-hybridized carbons (Fsp3) is 0.417. The zero-order chi connectivity index (χ0) is 23.2. The average molecular weight is 459 g/mol. The molecule has 0 fully saturated rings. The van der Waals surface area contributed by atoms with E-state index in [0.717, 1.165) is 54.8 Å². The van der Waals surface area contributed by atoms with Crippen molar-refractivity contribution in [3.05, 3.63) is 48.4 Å². The van der Waals surface area contributed by atoms with Crippen molar-refractivity contribution in [2.45, 2.75) is 64.3 Å². The minimum Gasteiger partial charge on any atom is -0.392 e. The normalized spacial score (nSPS) is 20.0. The fourth-order valence-corrected chi connectivity index (χ4v) is 5.12. The SMILES string of the molecule is CC(C)n1nnc(-c2cccc(Nc3ncnn4ccc(C[N+]5=C6CCC5CC(O)C6)c34)c2)n1. The maximum atomic E-state index is 10.2. The summed E-state index contributed by atoms with van der Waals surface area (Å²) in [7, 11) is 0. The molecule has 2 N–H and O–H groups in total. The van der Waals surface area contributed by atoms with Crippen molar-refractivity contribution in [1.82, 2.24) is 34.8 Å². The summed E-state index contributed by atoms with van der Waals surface area (Å²) >= 11 is 0. The van der Waals surface area contributed by atoms with Crippen LogP contribution in [0.3, 0.4) is 0 Å². The summed E-state index contributed by atoms with van der Waals surface area (Å²) in [4.78, 5) is 6.18. The first kappa shape index (κ1) is 20.9. The molecule has 174 valence electrons. The Bertz CT molecular complexity index is 1390. The quantitative estimate of drug-likeness (QED) is 0.428. The van der Waals surface area contributed by atoms with Gasteiger partial charge in [-0.3, -0.25) is 0 Å². The number of benzene rings is 1. The van der Waals surface area contributed by atoms with Gasteiger partial charge in [0, 0.05) is 42.3 Å².